The van der Waals surface area contributed by atoms with Crippen LogP contribution in [0, 0.1) is 0 Å². The van der Waals surface area contributed by atoms with Crippen molar-refractivity contribution in [2.24, 2.45) is 0 Å². The first-order valence-electron chi connectivity index (χ1n) is 12.4. The Labute approximate surface area is 225 Å². The van der Waals surface area contributed by atoms with Gasteiger partial charge in [-0.15, -0.1) is 0 Å². The highest BCUT2D eigenvalue weighted by Crippen LogP contribution is 2.25. The number of ether oxygens (including phenoxy) is 1. The molecule has 0 aliphatic carbocycles. The molecule has 3 N–H and O–H groups in total. The maximum atomic E-state index is 12.8. The highest BCUT2D eigenvalue weighted by molar-refractivity contribution is 5.97. The van der Waals surface area contributed by atoms with E-state index in [2.05, 4.69) is 20.6 Å². The number of hydrogen-bond donors (Lipinski definition) is 3. The predicted molar refractivity (Wildman–Crippen MR) is 146 cm³/mol. The smallest absolute Gasteiger partial charge is 0.413 e. The molecule has 0 spiro atoms. The van der Waals surface area contributed by atoms with Crippen LogP contribution in [-0.2, 0) is 16.0 Å². The first kappa shape index (κ1) is 27.0. The number of amides is 2. The summed E-state index contributed by atoms with van der Waals surface area (Å²) in [4.78, 5) is 45.6. The van der Waals surface area contributed by atoms with E-state index in [-0.39, 0.29) is 12.2 Å². The van der Waals surface area contributed by atoms with Crippen LogP contribution >= 0.6 is 0 Å². The van der Waals surface area contributed by atoms with Gasteiger partial charge in [0.05, 0.1) is 0 Å². The number of rotatable bonds is 10. The molecular formula is C30H28N4O5. The fraction of sp³-hybridized carbons (Fsp3) is 0.167. The van der Waals surface area contributed by atoms with Crippen molar-refractivity contribution >= 4 is 23.8 Å². The number of carboxylic acids is 1. The Hall–Kier alpha value is -5.05. The molecule has 3 aromatic carbocycles. The maximum Gasteiger partial charge on any atom is 0.413 e. The van der Waals surface area contributed by atoms with E-state index in [0.717, 1.165) is 11.1 Å². The molecule has 0 bridgehead atoms. The van der Waals surface area contributed by atoms with Crippen molar-refractivity contribution in [3.05, 3.63) is 114 Å². The minimum atomic E-state index is -1.10. The van der Waals surface area contributed by atoms with Gasteiger partial charge in [0.25, 0.3) is 5.91 Å². The number of aromatic nitrogens is 2. The van der Waals surface area contributed by atoms with Crippen LogP contribution in [0.25, 0.3) is 11.3 Å². The van der Waals surface area contributed by atoms with E-state index in [1.807, 2.05) is 60.7 Å². The summed E-state index contributed by atoms with van der Waals surface area (Å²) in [7, 11) is 0. The average molecular weight is 525 g/mol. The van der Waals surface area contributed by atoms with Crippen molar-refractivity contribution in [1.29, 1.82) is 0 Å². The normalized spacial score (nSPS) is 12.1. The van der Waals surface area contributed by atoms with Gasteiger partial charge in [0.1, 0.15) is 17.8 Å². The summed E-state index contributed by atoms with van der Waals surface area (Å²) in [6.45, 7) is 1.77. The predicted octanol–water partition coefficient (Wildman–Crippen LogP) is 5.27. The van der Waals surface area contributed by atoms with E-state index in [4.69, 9.17) is 4.74 Å². The van der Waals surface area contributed by atoms with Gasteiger partial charge in [-0.25, -0.2) is 14.6 Å². The van der Waals surface area contributed by atoms with Gasteiger partial charge in [0, 0.05) is 23.5 Å². The van der Waals surface area contributed by atoms with Gasteiger partial charge in [-0.2, -0.15) is 0 Å². The highest BCUT2D eigenvalue weighted by atomic mass is 16.6. The summed E-state index contributed by atoms with van der Waals surface area (Å²) in [6, 6.07) is 24.2. The topological polar surface area (TPSA) is 131 Å². The zero-order valence-electron chi connectivity index (χ0n) is 21.3. The Morgan fingerprint density at radius 2 is 1.51 bits per heavy atom. The van der Waals surface area contributed by atoms with Gasteiger partial charge in [-0.05, 0) is 43.0 Å². The average Bonchev–Trinajstić information content (AvgIpc) is 2.96. The second kappa shape index (κ2) is 13.0. The first-order chi connectivity index (χ1) is 18.9. The standard InChI is InChI=1S/C30H28N4O5/c1-20(22-10-6-3-7-11-22)39-30(38)34-27-26(31-18-19-32-27)23-13-15-24(16-14-23)28(35)33-25(29(36)37)17-12-21-8-4-2-5-9-21/h2-11,13-16,18-20,25H,12,17H2,1H3,(H,33,35)(H,36,37)(H,32,34,38). The molecule has 0 aliphatic rings. The van der Waals surface area contributed by atoms with Crippen LogP contribution in [0.15, 0.2) is 97.3 Å². The number of nitrogens with one attached hydrogen (secondary N) is 2. The number of carbonyl (C=O) groups excluding carboxylic acids is 2. The molecule has 2 unspecified atom stereocenters. The third-order valence-corrected chi connectivity index (χ3v) is 6.06. The lowest BCUT2D eigenvalue weighted by atomic mass is 10.0. The molecular weight excluding hydrogens is 496 g/mol. The third kappa shape index (κ3) is 7.48. The minimum absolute atomic E-state index is 0.201. The van der Waals surface area contributed by atoms with E-state index in [9.17, 15) is 19.5 Å². The van der Waals surface area contributed by atoms with Gasteiger partial charge in [0.15, 0.2) is 5.82 Å². The summed E-state index contributed by atoms with van der Waals surface area (Å²) in [5, 5.41) is 14.8. The van der Waals surface area contributed by atoms with Gasteiger partial charge in [0.2, 0.25) is 0 Å². The molecule has 0 fully saturated rings. The van der Waals surface area contributed by atoms with Crippen molar-refractivity contribution in [3.8, 4) is 11.3 Å². The van der Waals surface area contributed by atoms with Gasteiger partial charge in [-0.1, -0.05) is 72.8 Å². The summed E-state index contributed by atoms with van der Waals surface area (Å²) >= 11 is 0. The quantitative estimate of drug-likeness (QED) is 0.258. The molecule has 4 aromatic rings. The summed E-state index contributed by atoms with van der Waals surface area (Å²) < 4.78 is 5.47. The largest absolute Gasteiger partial charge is 0.480 e. The van der Waals surface area contributed by atoms with E-state index in [0.29, 0.717) is 23.2 Å². The van der Waals surface area contributed by atoms with Crippen molar-refractivity contribution in [2.45, 2.75) is 31.9 Å². The molecule has 2 amide bonds. The molecule has 39 heavy (non-hydrogen) atoms. The van der Waals surface area contributed by atoms with Crippen molar-refractivity contribution in [1.82, 2.24) is 15.3 Å². The van der Waals surface area contributed by atoms with E-state index < -0.39 is 30.1 Å². The van der Waals surface area contributed by atoms with Crippen LogP contribution < -0.4 is 10.6 Å². The van der Waals surface area contributed by atoms with Crippen LogP contribution in [0.4, 0.5) is 10.6 Å². The molecule has 2 atom stereocenters. The number of benzene rings is 3. The highest BCUT2D eigenvalue weighted by Gasteiger charge is 2.21. The second-order valence-electron chi connectivity index (χ2n) is 8.80. The monoisotopic (exact) mass is 524 g/mol. The SMILES string of the molecule is CC(OC(=O)Nc1nccnc1-c1ccc(C(=O)NC(CCc2ccccc2)C(=O)O)cc1)c1ccccc1. The summed E-state index contributed by atoms with van der Waals surface area (Å²) in [6.07, 6.45) is 2.57. The third-order valence-electron chi connectivity index (χ3n) is 6.06. The number of anilines is 1. The van der Waals surface area contributed by atoms with Crippen molar-refractivity contribution < 1.29 is 24.2 Å². The van der Waals surface area contributed by atoms with Crippen LogP contribution in [0.5, 0.6) is 0 Å². The number of hydrogen-bond acceptors (Lipinski definition) is 6. The molecule has 198 valence electrons. The fourth-order valence-electron chi connectivity index (χ4n) is 3.95. The molecule has 0 saturated heterocycles. The Morgan fingerprint density at radius 1 is 0.872 bits per heavy atom. The Kier molecular flexibility index (Phi) is 8.97. The lowest BCUT2D eigenvalue weighted by Gasteiger charge is -2.15. The number of aliphatic carboxylic acids is 1. The lowest BCUT2D eigenvalue weighted by molar-refractivity contribution is -0.139. The first-order valence-corrected chi connectivity index (χ1v) is 12.4. The van der Waals surface area contributed by atoms with Gasteiger partial charge < -0.3 is 15.2 Å². The van der Waals surface area contributed by atoms with Crippen molar-refractivity contribution in [3.63, 3.8) is 0 Å². The van der Waals surface area contributed by atoms with Crippen LogP contribution in [-0.4, -0.2) is 39.1 Å². The van der Waals surface area contributed by atoms with Crippen LogP contribution in [0.3, 0.4) is 0 Å². The molecule has 4 rings (SSSR count). The number of aryl methyl sites for hydroxylation is 1. The molecule has 0 radical (unpaired) electrons. The zero-order chi connectivity index (χ0) is 27.6. The maximum absolute atomic E-state index is 12.8. The van der Waals surface area contributed by atoms with E-state index in [1.54, 1.807) is 31.2 Å². The Morgan fingerprint density at radius 3 is 2.18 bits per heavy atom. The minimum Gasteiger partial charge on any atom is -0.480 e. The number of carboxylic acid groups (broad SMARTS) is 1. The van der Waals surface area contributed by atoms with E-state index in [1.165, 1.54) is 12.4 Å². The summed E-state index contributed by atoms with van der Waals surface area (Å²) in [5.74, 6) is -1.40. The molecule has 0 saturated carbocycles. The van der Waals surface area contributed by atoms with Crippen LogP contribution in [0.1, 0.15) is 40.9 Å². The number of nitrogens with zero attached hydrogens (tertiary/aromatic N) is 2. The Bertz CT molecular complexity index is 1410. The molecule has 1 aromatic heterocycles. The second-order valence-corrected chi connectivity index (χ2v) is 8.80. The fourth-order valence-corrected chi connectivity index (χ4v) is 3.95. The zero-order valence-corrected chi connectivity index (χ0v) is 21.3. The van der Waals surface area contributed by atoms with Crippen molar-refractivity contribution in [2.75, 3.05) is 5.32 Å². The van der Waals surface area contributed by atoms with E-state index >= 15 is 0 Å². The molecule has 1 heterocycles. The van der Waals surface area contributed by atoms with Gasteiger partial charge in [-0.3, -0.25) is 15.1 Å². The molecule has 9 nitrogen and oxygen atoms in total. The Balaban J connectivity index is 1.40. The summed E-state index contributed by atoms with van der Waals surface area (Å²) in [5.41, 5.74) is 3.13. The number of carbonyl (C=O) groups is 3. The van der Waals surface area contributed by atoms with Crippen LogP contribution in [0.2, 0.25) is 0 Å². The van der Waals surface area contributed by atoms with Gasteiger partial charge >= 0.3 is 12.1 Å². The molecule has 9 heteroatoms. The lowest BCUT2D eigenvalue weighted by Crippen LogP contribution is -2.41. The molecule has 0 aliphatic heterocycles.